The van der Waals surface area contributed by atoms with Crippen molar-refractivity contribution in [1.29, 1.82) is 0 Å². The third kappa shape index (κ3) is 2.38. The number of nitrogens with zero attached hydrogens (tertiary/aromatic N) is 1. The summed E-state index contributed by atoms with van der Waals surface area (Å²) in [7, 11) is 0. The van der Waals surface area contributed by atoms with E-state index in [0.29, 0.717) is 10.7 Å². The Hall–Kier alpha value is -1.74. The summed E-state index contributed by atoms with van der Waals surface area (Å²) in [6.07, 6.45) is 0.957. The van der Waals surface area contributed by atoms with Gasteiger partial charge in [-0.1, -0.05) is 23.7 Å². The van der Waals surface area contributed by atoms with Crippen LogP contribution in [0.2, 0.25) is 5.02 Å². The first kappa shape index (κ1) is 12.3. The largest absolute Gasteiger partial charge is 0.398 e. The first-order chi connectivity index (χ1) is 9.13. The van der Waals surface area contributed by atoms with E-state index < -0.39 is 0 Å². The molecule has 98 valence electrons. The van der Waals surface area contributed by atoms with E-state index in [1.165, 1.54) is 11.6 Å². The lowest BCUT2D eigenvalue weighted by Gasteiger charge is -2.20. The van der Waals surface area contributed by atoms with E-state index in [4.69, 9.17) is 17.3 Å². The molecule has 0 atom stereocenters. The van der Waals surface area contributed by atoms with Gasteiger partial charge in [-0.2, -0.15) is 0 Å². The maximum absolute atomic E-state index is 13.3. The molecule has 0 saturated carbocycles. The second-order valence-electron chi connectivity index (χ2n) is 4.80. The van der Waals surface area contributed by atoms with Crippen molar-refractivity contribution in [3.05, 3.63) is 58.4 Å². The fourth-order valence-electron chi connectivity index (χ4n) is 2.49. The van der Waals surface area contributed by atoms with E-state index in [1.54, 1.807) is 12.1 Å². The van der Waals surface area contributed by atoms with Crippen molar-refractivity contribution in [2.75, 3.05) is 17.2 Å². The van der Waals surface area contributed by atoms with Gasteiger partial charge in [0.25, 0.3) is 0 Å². The molecule has 0 bridgehead atoms. The number of nitrogens with two attached hydrogens (primary N) is 1. The molecule has 0 saturated heterocycles. The van der Waals surface area contributed by atoms with E-state index in [1.807, 2.05) is 18.2 Å². The van der Waals surface area contributed by atoms with Crippen molar-refractivity contribution in [3.63, 3.8) is 0 Å². The molecule has 2 N–H and O–H groups in total. The average molecular weight is 277 g/mol. The zero-order chi connectivity index (χ0) is 13.4. The topological polar surface area (TPSA) is 29.3 Å². The minimum Gasteiger partial charge on any atom is -0.398 e. The molecule has 0 radical (unpaired) electrons. The van der Waals surface area contributed by atoms with Crippen LogP contribution < -0.4 is 10.6 Å². The molecule has 1 aliphatic rings. The number of hydrogen-bond donors (Lipinski definition) is 1. The van der Waals surface area contributed by atoms with Gasteiger partial charge in [0, 0.05) is 18.8 Å². The summed E-state index contributed by atoms with van der Waals surface area (Å²) in [4.78, 5) is 2.17. The molecule has 1 aliphatic heterocycles. The van der Waals surface area contributed by atoms with Crippen LogP contribution in [0.5, 0.6) is 0 Å². The third-order valence-corrected chi connectivity index (χ3v) is 3.82. The number of fused-ring (bicyclic) bond motifs is 1. The van der Waals surface area contributed by atoms with E-state index in [0.717, 1.165) is 30.8 Å². The van der Waals surface area contributed by atoms with Gasteiger partial charge in [-0.05, 0) is 41.8 Å². The van der Waals surface area contributed by atoms with Crippen LogP contribution in [0.1, 0.15) is 11.1 Å². The zero-order valence-corrected chi connectivity index (χ0v) is 11.1. The highest BCUT2D eigenvalue weighted by molar-refractivity contribution is 6.33. The van der Waals surface area contributed by atoms with Gasteiger partial charge in [0.05, 0.1) is 10.7 Å². The van der Waals surface area contributed by atoms with Crippen LogP contribution >= 0.6 is 11.6 Å². The summed E-state index contributed by atoms with van der Waals surface area (Å²) in [6.45, 7) is 1.62. The molecule has 2 aromatic rings. The number of hydrogen-bond acceptors (Lipinski definition) is 2. The highest BCUT2D eigenvalue weighted by atomic mass is 35.5. The number of rotatable bonds is 2. The van der Waals surface area contributed by atoms with E-state index in [9.17, 15) is 4.39 Å². The van der Waals surface area contributed by atoms with E-state index >= 15 is 0 Å². The maximum atomic E-state index is 13.3. The molecule has 4 heteroatoms. The zero-order valence-electron chi connectivity index (χ0n) is 10.4. The van der Waals surface area contributed by atoms with Crippen molar-refractivity contribution in [2.24, 2.45) is 0 Å². The first-order valence-corrected chi connectivity index (χ1v) is 6.58. The fraction of sp³-hybridized carbons (Fsp3) is 0.200. The lowest BCUT2D eigenvalue weighted by Crippen LogP contribution is -2.19. The monoisotopic (exact) mass is 276 g/mol. The van der Waals surface area contributed by atoms with Gasteiger partial charge in [0.2, 0.25) is 0 Å². The molecule has 0 amide bonds. The Morgan fingerprint density at radius 3 is 2.84 bits per heavy atom. The van der Waals surface area contributed by atoms with Gasteiger partial charge >= 0.3 is 0 Å². The summed E-state index contributed by atoms with van der Waals surface area (Å²) < 4.78 is 13.3. The third-order valence-electron chi connectivity index (χ3n) is 3.47. The number of nitrogen functional groups attached to an aromatic ring is 1. The predicted octanol–water partition coefficient (Wildman–Crippen LogP) is 3.62. The predicted molar refractivity (Wildman–Crippen MR) is 77.0 cm³/mol. The Bertz CT molecular complexity index is 628. The van der Waals surface area contributed by atoms with Crippen LogP contribution in [0.25, 0.3) is 0 Å². The molecule has 3 rings (SSSR count). The molecule has 0 aromatic heterocycles. The molecule has 0 fully saturated rings. The van der Waals surface area contributed by atoms with Crippen molar-refractivity contribution >= 4 is 23.0 Å². The highest BCUT2D eigenvalue weighted by Crippen LogP contribution is 2.30. The first-order valence-electron chi connectivity index (χ1n) is 6.21. The van der Waals surface area contributed by atoms with Crippen LogP contribution in [-0.4, -0.2) is 6.54 Å². The Kier molecular flexibility index (Phi) is 3.07. The molecule has 0 unspecified atom stereocenters. The second kappa shape index (κ2) is 4.74. The summed E-state index contributed by atoms with van der Waals surface area (Å²) in [5, 5.41) is 0.566. The van der Waals surface area contributed by atoms with Crippen molar-refractivity contribution in [2.45, 2.75) is 13.0 Å². The standard InChI is InChI=1S/C15H14ClFN2/c16-13-4-1-10(7-14(13)18)9-19-6-5-11-2-3-12(17)8-15(11)19/h1-4,7-8H,5-6,9,18H2. The molecule has 19 heavy (non-hydrogen) atoms. The number of anilines is 2. The number of halogens is 2. The minimum atomic E-state index is -0.193. The van der Waals surface area contributed by atoms with Gasteiger partial charge in [-0.3, -0.25) is 0 Å². The van der Waals surface area contributed by atoms with Crippen LogP contribution in [0, 0.1) is 5.82 Å². The van der Waals surface area contributed by atoms with Gasteiger partial charge in [-0.15, -0.1) is 0 Å². The normalized spacial score (nSPS) is 13.7. The molecule has 2 nitrogen and oxygen atoms in total. The molecular formula is C15H14ClFN2. The van der Waals surface area contributed by atoms with Gasteiger partial charge in [0.15, 0.2) is 0 Å². The lowest BCUT2D eigenvalue weighted by molar-refractivity contribution is 0.627. The van der Waals surface area contributed by atoms with Crippen molar-refractivity contribution in [3.8, 4) is 0 Å². The number of benzene rings is 2. The van der Waals surface area contributed by atoms with Crippen LogP contribution in [0.15, 0.2) is 36.4 Å². The summed E-state index contributed by atoms with van der Waals surface area (Å²) in [5.41, 5.74) is 9.64. The Balaban J connectivity index is 1.86. The quantitative estimate of drug-likeness (QED) is 0.849. The molecular weight excluding hydrogens is 263 g/mol. The van der Waals surface area contributed by atoms with Crippen LogP contribution in [0.3, 0.4) is 0 Å². The minimum absolute atomic E-state index is 0.193. The molecule has 0 aliphatic carbocycles. The van der Waals surface area contributed by atoms with Crippen LogP contribution in [-0.2, 0) is 13.0 Å². The Labute approximate surface area is 116 Å². The molecule has 2 aromatic carbocycles. The Morgan fingerprint density at radius 2 is 2.05 bits per heavy atom. The summed E-state index contributed by atoms with van der Waals surface area (Å²) in [6, 6.07) is 10.6. The smallest absolute Gasteiger partial charge is 0.125 e. The Morgan fingerprint density at radius 1 is 1.21 bits per heavy atom. The maximum Gasteiger partial charge on any atom is 0.125 e. The van der Waals surface area contributed by atoms with E-state index in [-0.39, 0.29) is 5.82 Å². The second-order valence-corrected chi connectivity index (χ2v) is 5.21. The summed E-state index contributed by atoms with van der Waals surface area (Å²) in [5.74, 6) is -0.193. The average Bonchev–Trinajstić information content (AvgIpc) is 2.77. The molecule has 1 heterocycles. The molecule has 0 spiro atoms. The highest BCUT2D eigenvalue weighted by Gasteiger charge is 2.19. The van der Waals surface area contributed by atoms with E-state index in [2.05, 4.69) is 4.90 Å². The SMILES string of the molecule is Nc1cc(CN2CCc3ccc(F)cc32)ccc1Cl. The lowest BCUT2D eigenvalue weighted by atomic mass is 10.1. The van der Waals surface area contributed by atoms with Crippen molar-refractivity contribution in [1.82, 2.24) is 0 Å². The van der Waals surface area contributed by atoms with Gasteiger partial charge in [-0.25, -0.2) is 4.39 Å². The fourth-order valence-corrected chi connectivity index (χ4v) is 2.61. The van der Waals surface area contributed by atoms with Gasteiger partial charge < -0.3 is 10.6 Å². The van der Waals surface area contributed by atoms with Crippen molar-refractivity contribution < 1.29 is 4.39 Å². The van der Waals surface area contributed by atoms with Gasteiger partial charge in [0.1, 0.15) is 5.82 Å². The van der Waals surface area contributed by atoms with Crippen LogP contribution in [0.4, 0.5) is 15.8 Å². The summed E-state index contributed by atoms with van der Waals surface area (Å²) >= 11 is 5.91.